The fraction of sp³-hybridized carbons (Fsp3) is 0.533. The summed E-state index contributed by atoms with van der Waals surface area (Å²) in [4.78, 5) is 24.5. The molecule has 0 aromatic heterocycles. The van der Waals surface area contributed by atoms with Gasteiger partial charge in [-0.2, -0.15) is 0 Å². The molecule has 3 rings (SSSR count). The SMILES string of the molecule is CC(=O)c1ccc(N(CC2CC2)C2CC2)c([N+](=O)[O-])c1. The molecule has 2 saturated carbocycles. The van der Waals surface area contributed by atoms with E-state index in [9.17, 15) is 14.9 Å². The van der Waals surface area contributed by atoms with Gasteiger partial charge in [-0.15, -0.1) is 0 Å². The number of carbonyl (C=O) groups excluding carboxylic acids is 1. The molecule has 2 fully saturated rings. The van der Waals surface area contributed by atoms with Crippen LogP contribution < -0.4 is 4.90 Å². The molecule has 0 spiro atoms. The Morgan fingerprint density at radius 2 is 2.05 bits per heavy atom. The van der Waals surface area contributed by atoms with Gasteiger partial charge in [0.1, 0.15) is 5.69 Å². The van der Waals surface area contributed by atoms with Crippen LogP contribution in [0.2, 0.25) is 0 Å². The van der Waals surface area contributed by atoms with Crippen LogP contribution in [0.3, 0.4) is 0 Å². The molecule has 2 aliphatic rings. The minimum absolute atomic E-state index is 0.0604. The standard InChI is InChI=1S/C15H18N2O3/c1-10(18)12-4-7-14(15(8-12)17(19)20)16(13-5-6-13)9-11-2-3-11/h4,7-8,11,13H,2-3,5-6,9H2,1H3. The normalized spacial score (nSPS) is 17.9. The largest absolute Gasteiger partial charge is 0.363 e. The first kappa shape index (κ1) is 13.1. The van der Waals surface area contributed by atoms with Crippen LogP contribution in [0.5, 0.6) is 0 Å². The average Bonchev–Trinajstić information content (AvgIpc) is 3.26. The van der Waals surface area contributed by atoms with E-state index in [-0.39, 0.29) is 16.4 Å². The third-order valence-corrected chi connectivity index (χ3v) is 4.03. The summed E-state index contributed by atoms with van der Waals surface area (Å²) < 4.78 is 0. The molecule has 0 saturated heterocycles. The van der Waals surface area contributed by atoms with Gasteiger partial charge in [0.25, 0.3) is 5.69 Å². The highest BCUT2D eigenvalue weighted by Crippen LogP contribution is 2.41. The van der Waals surface area contributed by atoms with Crippen molar-refractivity contribution < 1.29 is 9.72 Å². The van der Waals surface area contributed by atoms with E-state index in [4.69, 9.17) is 0 Å². The number of anilines is 1. The number of Topliss-reactive ketones (excluding diaryl/α,β-unsaturated/α-hetero) is 1. The van der Waals surface area contributed by atoms with Gasteiger partial charge in [-0.1, -0.05) is 0 Å². The molecule has 0 N–H and O–H groups in total. The molecule has 20 heavy (non-hydrogen) atoms. The number of benzene rings is 1. The van der Waals surface area contributed by atoms with Crippen LogP contribution in [0, 0.1) is 16.0 Å². The summed E-state index contributed by atoms with van der Waals surface area (Å²) in [7, 11) is 0. The van der Waals surface area contributed by atoms with Crippen molar-refractivity contribution in [1.29, 1.82) is 0 Å². The summed E-state index contributed by atoms with van der Waals surface area (Å²) in [6.07, 6.45) is 4.67. The van der Waals surface area contributed by atoms with Crippen LogP contribution in [0.15, 0.2) is 18.2 Å². The van der Waals surface area contributed by atoms with Gasteiger partial charge in [0.15, 0.2) is 5.78 Å². The van der Waals surface area contributed by atoms with E-state index in [0.29, 0.717) is 23.2 Å². The maximum atomic E-state index is 11.4. The number of carbonyl (C=O) groups is 1. The monoisotopic (exact) mass is 274 g/mol. The summed E-state index contributed by atoms with van der Waals surface area (Å²) in [5.74, 6) is 0.544. The Hall–Kier alpha value is -1.91. The number of hydrogen-bond acceptors (Lipinski definition) is 4. The summed E-state index contributed by atoms with van der Waals surface area (Å²) in [6.45, 7) is 2.34. The lowest BCUT2D eigenvalue weighted by Crippen LogP contribution is -2.28. The Morgan fingerprint density at radius 1 is 1.35 bits per heavy atom. The van der Waals surface area contributed by atoms with Crippen molar-refractivity contribution in [3.8, 4) is 0 Å². The summed E-state index contributed by atoms with van der Waals surface area (Å²) in [5, 5.41) is 11.3. The van der Waals surface area contributed by atoms with Crippen molar-refractivity contribution in [3.63, 3.8) is 0 Å². The Morgan fingerprint density at radius 3 is 2.55 bits per heavy atom. The molecule has 1 aromatic carbocycles. The minimum atomic E-state index is -0.371. The molecular formula is C15H18N2O3. The first-order chi connectivity index (χ1) is 9.56. The Labute approximate surface area is 117 Å². The van der Waals surface area contributed by atoms with Gasteiger partial charge < -0.3 is 4.90 Å². The molecule has 0 heterocycles. The fourth-order valence-electron chi connectivity index (χ4n) is 2.54. The fourth-order valence-corrected chi connectivity index (χ4v) is 2.54. The third-order valence-electron chi connectivity index (χ3n) is 4.03. The summed E-state index contributed by atoms with van der Waals surface area (Å²) in [5.41, 5.74) is 1.14. The van der Waals surface area contributed by atoms with E-state index in [1.165, 1.54) is 25.8 Å². The Balaban J connectivity index is 1.96. The van der Waals surface area contributed by atoms with Gasteiger partial charge in [0.2, 0.25) is 0 Å². The zero-order valence-electron chi connectivity index (χ0n) is 11.5. The van der Waals surface area contributed by atoms with Crippen molar-refractivity contribution in [2.24, 2.45) is 5.92 Å². The van der Waals surface area contributed by atoms with Crippen molar-refractivity contribution >= 4 is 17.2 Å². The van der Waals surface area contributed by atoms with Crippen LogP contribution in [-0.2, 0) is 0 Å². The molecule has 5 heteroatoms. The van der Waals surface area contributed by atoms with Crippen LogP contribution in [0.25, 0.3) is 0 Å². The molecular weight excluding hydrogens is 256 g/mol. The van der Waals surface area contributed by atoms with Crippen LogP contribution in [-0.4, -0.2) is 23.3 Å². The first-order valence-corrected chi connectivity index (χ1v) is 7.12. The molecule has 106 valence electrons. The second kappa shape index (κ2) is 4.89. The van der Waals surface area contributed by atoms with Crippen molar-refractivity contribution in [3.05, 3.63) is 33.9 Å². The second-order valence-corrected chi connectivity index (χ2v) is 5.84. The molecule has 0 amide bonds. The Kier molecular flexibility index (Phi) is 3.20. The van der Waals surface area contributed by atoms with Gasteiger partial charge in [0, 0.05) is 24.2 Å². The minimum Gasteiger partial charge on any atom is -0.363 e. The molecule has 2 aliphatic carbocycles. The molecule has 1 aromatic rings. The summed E-state index contributed by atoms with van der Waals surface area (Å²) >= 11 is 0. The second-order valence-electron chi connectivity index (χ2n) is 5.84. The zero-order valence-corrected chi connectivity index (χ0v) is 11.5. The van der Waals surface area contributed by atoms with Crippen molar-refractivity contribution in [2.45, 2.75) is 38.6 Å². The van der Waals surface area contributed by atoms with E-state index in [2.05, 4.69) is 4.90 Å². The molecule has 5 nitrogen and oxygen atoms in total. The summed E-state index contributed by atoms with van der Waals surface area (Å²) in [6, 6.07) is 5.31. The lowest BCUT2D eigenvalue weighted by atomic mass is 10.1. The maximum absolute atomic E-state index is 11.4. The zero-order chi connectivity index (χ0) is 14.3. The number of rotatable bonds is 6. The van der Waals surface area contributed by atoms with E-state index in [1.54, 1.807) is 12.1 Å². The van der Waals surface area contributed by atoms with E-state index >= 15 is 0 Å². The predicted octanol–water partition coefficient (Wildman–Crippen LogP) is 3.18. The van der Waals surface area contributed by atoms with Crippen LogP contribution in [0.4, 0.5) is 11.4 Å². The van der Waals surface area contributed by atoms with Gasteiger partial charge >= 0.3 is 0 Å². The van der Waals surface area contributed by atoms with E-state index in [0.717, 1.165) is 19.4 Å². The molecule has 0 bridgehead atoms. The quantitative estimate of drug-likeness (QED) is 0.454. The number of nitrogens with zero attached hydrogens (tertiary/aromatic N) is 2. The van der Waals surface area contributed by atoms with Gasteiger partial charge in [-0.3, -0.25) is 14.9 Å². The van der Waals surface area contributed by atoms with Gasteiger partial charge in [0.05, 0.1) is 4.92 Å². The van der Waals surface area contributed by atoms with E-state index < -0.39 is 0 Å². The van der Waals surface area contributed by atoms with Gasteiger partial charge in [-0.05, 0) is 50.7 Å². The average molecular weight is 274 g/mol. The lowest BCUT2D eigenvalue weighted by Gasteiger charge is -2.24. The topological polar surface area (TPSA) is 63.5 Å². The van der Waals surface area contributed by atoms with Crippen molar-refractivity contribution in [1.82, 2.24) is 0 Å². The first-order valence-electron chi connectivity index (χ1n) is 7.12. The number of hydrogen-bond donors (Lipinski definition) is 0. The highest BCUT2D eigenvalue weighted by Gasteiger charge is 2.36. The van der Waals surface area contributed by atoms with Crippen molar-refractivity contribution in [2.75, 3.05) is 11.4 Å². The predicted molar refractivity (Wildman–Crippen MR) is 76.2 cm³/mol. The maximum Gasteiger partial charge on any atom is 0.293 e. The number of ketones is 1. The van der Waals surface area contributed by atoms with Crippen LogP contribution >= 0.6 is 0 Å². The Bertz CT molecular complexity index is 562. The molecule has 0 atom stereocenters. The lowest BCUT2D eigenvalue weighted by molar-refractivity contribution is -0.384. The third kappa shape index (κ3) is 2.66. The smallest absolute Gasteiger partial charge is 0.293 e. The van der Waals surface area contributed by atoms with Crippen LogP contribution in [0.1, 0.15) is 43.0 Å². The molecule has 0 aliphatic heterocycles. The van der Waals surface area contributed by atoms with Gasteiger partial charge in [-0.25, -0.2) is 0 Å². The van der Waals surface area contributed by atoms with E-state index in [1.807, 2.05) is 0 Å². The highest BCUT2D eigenvalue weighted by molar-refractivity contribution is 5.95. The molecule has 0 radical (unpaired) electrons. The number of nitro benzene ring substituents is 1. The molecule has 0 unspecified atom stereocenters. The highest BCUT2D eigenvalue weighted by atomic mass is 16.6. The number of nitro groups is 1.